The van der Waals surface area contributed by atoms with Crippen molar-refractivity contribution in [1.82, 2.24) is 5.32 Å². The van der Waals surface area contributed by atoms with Gasteiger partial charge in [0.1, 0.15) is 5.82 Å². The van der Waals surface area contributed by atoms with Crippen LogP contribution in [0.1, 0.15) is 21.5 Å². The number of halogens is 2. The first-order chi connectivity index (χ1) is 10.7. The van der Waals surface area contributed by atoms with Gasteiger partial charge in [0.25, 0.3) is 5.91 Å². The van der Waals surface area contributed by atoms with Crippen LogP contribution in [-0.2, 0) is 22.1 Å². The van der Waals surface area contributed by atoms with E-state index in [2.05, 4.69) is 21.2 Å². The number of carbonyl (C=O) groups is 1. The molecule has 2 rings (SSSR count). The van der Waals surface area contributed by atoms with Crippen LogP contribution in [0.25, 0.3) is 0 Å². The average molecular weight is 400 g/mol. The average Bonchev–Trinajstić information content (AvgIpc) is 2.46. The number of carbonyl (C=O) groups excluding carboxylic acids is 1. The van der Waals surface area contributed by atoms with Crippen molar-refractivity contribution in [3.8, 4) is 0 Å². The van der Waals surface area contributed by atoms with Crippen molar-refractivity contribution in [2.75, 3.05) is 6.26 Å². The van der Waals surface area contributed by atoms with Crippen molar-refractivity contribution in [2.45, 2.75) is 12.3 Å². The SMILES string of the molecule is CS(=O)(=O)Cc1cccc(C(=O)NCc2cc(Br)ccc2F)c1. The van der Waals surface area contributed by atoms with Crippen molar-refractivity contribution in [2.24, 2.45) is 0 Å². The third-order valence-corrected chi connectivity index (χ3v) is 4.42. The highest BCUT2D eigenvalue weighted by molar-refractivity contribution is 9.10. The molecule has 4 nitrogen and oxygen atoms in total. The van der Waals surface area contributed by atoms with Gasteiger partial charge < -0.3 is 5.32 Å². The Morgan fingerprint density at radius 2 is 1.96 bits per heavy atom. The van der Waals surface area contributed by atoms with Gasteiger partial charge in [-0.05, 0) is 35.9 Å². The monoisotopic (exact) mass is 399 g/mol. The predicted molar refractivity (Wildman–Crippen MR) is 90.3 cm³/mol. The molecule has 1 amide bonds. The van der Waals surface area contributed by atoms with E-state index in [1.54, 1.807) is 30.3 Å². The molecule has 0 aliphatic rings. The fourth-order valence-electron chi connectivity index (χ4n) is 2.06. The maximum absolute atomic E-state index is 13.6. The lowest BCUT2D eigenvalue weighted by atomic mass is 10.1. The summed E-state index contributed by atoms with van der Waals surface area (Å²) in [6.45, 7) is 0.0421. The molecule has 2 aromatic rings. The van der Waals surface area contributed by atoms with Crippen LogP contribution in [0.5, 0.6) is 0 Å². The number of nitrogens with one attached hydrogen (secondary N) is 1. The molecule has 0 aromatic heterocycles. The fourth-order valence-corrected chi connectivity index (χ4v) is 3.26. The summed E-state index contributed by atoms with van der Waals surface area (Å²) in [7, 11) is -3.17. The Morgan fingerprint density at radius 3 is 2.65 bits per heavy atom. The van der Waals surface area contributed by atoms with Crippen LogP contribution in [-0.4, -0.2) is 20.6 Å². The first-order valence-corrected chi connectivity index (χ1v) is 9.59. The molecule has 0 fully saturated rings. The number of hydrogen-bond donors (Lipinski definition) is 1. The van der Waals surface area contributed by atoms with E-state index in [1.807, 2.05) is 0 Å². The highest BCUT2D eigenvalue weighted by Crippen LogP contribution is 2.15. The van der Waals surface area contributed by atoms with E-state index < -0.39 is 15.7 Å². The second-order valence-electron chi connectivity index (χ2n) is 5.19. The van der Waals surface area contributed by atoms with Gasteiger partial charge in [-0.3, -0.25) is 4.79 Å². The van der Waals surface area contributed by atoms with Crippen LogP contribution < -0.4 is 5.32 Å². The summed E-state index contributed by atoms with van der Waals surface area (Å²) in [6.07, 6.45) is 1.13. The first-order valence-electron chi connectivity index (χ1n) is 6.73. The lowest BCUT2D eigenvalue weighted by Crippen LogP contribution is -2.23. The van der Waals surface area contributed by atoms with Gasteiger partial charge in [-0.2, -0.15) is 0 Å². The Hall–Kier alpha value is -1.73. The Balaban J connectivity index is 2.09. The van der Waals surface area contributed by atoms with Crippen molar-refractivity contribution in [3.05, 3.63) is 69.4 Å². The minimum absolute atomic E-state index is 0.0421. The molecular weight excluding hydrogens is 385 g/mol. The molecule has 0 radical (unpaired) electrons. The zero-order valence-electron chi connectivity index (χ0n) is 12.3. The Kier molecular flexibility index (Phi) is 5.54. The van der Waals surface area contributed by atoms with Gasteiger partial charge in [0.05, 0.1) is 5.75 Å². The molecule has 1 N–H and O–H groups in total. The second-order valence-corrected chi connectivity index (χ2v) is 8.24. The zero-order chi connectivity index (χ0) is 17.0. The highest BCUT2D eigenvalue weighted by Gasteiger charge is 2.10. The summed E-state index contributed by atoms with van der Waals surface area (Å²) in [5.74, 6) is -0.923. The predicted octanol–water partition coefficient (Wildman–Crippen LogP) is 3.06. The third-order valence-electron chi connectivity index (χ3n) is 3.07. The first kappa shape index (κ1) is 17.6. The lowest BCUT2D eigenvalue weighted by Gasteiger charge is -2.08. The zero-order valence-corrected chi connectivity index (χ0v) is 14.7. The highest BCUT2D eigenvalue weighted by atomic mass is 79.9. The summed E-state index contributed by atoms with van der Waals surface area (Å²) >= 11 is 3.25. The minimum atomic E-state index is -3.17. The van der Waals surface area contributed by atoms with Crippen LogP contribution in [0, 0.1) is 5.82 Å². The van der Waals surface area contributed by atoms with Crippen LogP contribution in [0.3, 0.4) is 0 Å². The topological polar surface area (TPSA) is 63.2 Å². The van der Waals surface area contributed by atoms with E-state index in [0.29, 0.717) is 16.7 Å². The van der Waals surface area contributed by atoms with Crippen molar-refractivity contribution >= 4 is 31.7 Å². The molecule has 0 spiro atoms. The van der Waals surface area contributed by atoms with Gasteiger partial charge >= 0.3 is 0 Å². The third kappa shape index (κ3) is 5.44. The molecule has 0 aliphatic heterocycles. The molecule has 0 saturated heterocycles. The van der Waals surface area contributed by atoms with Gasteiger partial charge in [-0.1, -0.05) is 28.1 Å². The molecule has 0 atom stereocenters. The summed E-state index contributed by atoms with van der Waals surface area (Å²) in [4.78, 5) is 12.1. The Labute approximate surface area is 142 Å². The summed E-state index contributed by atoms with van der Waals surface area (Å²) in [5.41, 5.74) is 1.23. The van der Waals surface area contributed by atoms with Crippen LogP contribution >= 0.6 is 15.9 Å². The molecule has 0 bridgehead atoms. The molecular formula is C16H15BrFNO3S. The summed E-state index contributed by atoms with van der Waals surface area (Å²) in [5, 5.41) is 2.62. The van der Waals surface area contributed by atoms with Gasteiger partial charge in [0, 0.05) is 28.4 Å². The number of amides is 1. The molecule has 7 heteroatoms. The summed E-state index contributed by atoms with van der Waals surface area (Å²) in [6, 6.07) is 10.9. The number of sulfone groups is 1. The second kappa shape index (κ2) is 7.23. The van der Waals surface area contributed by atoms with Crippen molar-refractivity contribution < 1.29 is 17.6 Å². The Bertz CT molecular complexity index is 837. The van der Waals surface area contributed by atoms with Crippen LogP contribution in [0.2, 0.25) is 0 Å². The van der Waals surface area contributed by atoms with Crippen LogP contribution in [0.15, 0.2) is 46.9 Å². The number of benzene rings is 2. The standard InChI is InChI=1S/C16H15BrFNO3S/c1-23(21,22)10-11-3-2-4-12(7-11)16(20)19-9-13-8-14(17)5-6-15(13)18/h2-8H,9-10H2,1H3,(H,19,20). The fraction of sp³-hybridized carbons (Fsp3) is 0.188. The van der Waals surface area contributed by atoms with E-state index in [4.69, 9.17) is 0 Å². The van der Waals surface area contributed by atoms with E-state index in [1.165, 1.54) is 12.1 Å². The minimum Gasteiger partial charge on any atom is -0.348 e. The molecule has 0 heterocycles. The molecule has 23 heavy (non-hydrogen) atoms. The Morgan fingerprint density at radius 1 is 1.22 bits per heavy atom. The number of rotatable bonds is 5. The molecule has 0 aliphatic carbocycles. The largest absolute Gasteiger partial charge is 0.348 e. The number of hydrogen-bond acceptors (Lipinski definition) is 3. The van der Waals surface area contributed by atoms with Gasteiger partial charge in [-0.15, -0.1) is 0 Å². The van der Waals surface area contributed by atoms with E-state index in [-0.39, 0.29) is 18.2 Å². The van der Waals surface area contributed by atoms with Crippen LogP contribution in [0.4, 0.5) is 4.39 Å². The van der Waals surface area contributed by atoms with Gasteiger partial charge in [0.2, 0.25) is 0 Å². The van der Waals surface area contributed by atoms with E-state index in [9.17, 15) is 17.6 Å². The molecule has 2 aromatic carbocycles. The normalized spacial score (nSPS) is 11.3. The lowest BCUT2D eigenvalue weighted by molar-refractivity contribution is 0.0950. The van der Waals surface area contributed by atoms with Crippen molar-refractivity contribution in [1.29, 1.82) is 0 Å². The quantitative estimate of drug-likeness (QED) is 0.839. The van der Waals surface area contributed by atoms with Gasteiger partial charge in [0.15, 0.2) is 9.84 Å². The van der Waals surface area contributed by atoms with E-state index >= 15 is 0 Å². The molecule has 122 valence electrons. The van der Waals surface area contributed by atoms with Crippen molar-refractivity contribution in [3.63, 3.8) is 0 Å². The maximum atomic E-state index is 13.6. The smallest absolute Gasteiger partial charge is 0.251 e. The molecule has 0 saturated carbocycles. The van der Waals surface area contributed by atoms with Gasteiger partial charge in [-0.25, -0.2) is 12.8 Å². The molecule has 0 unspecified atom stereocenters. The maximum Gasteiger partial charge on any atom is 0.251 e. The van der Waals surface area contributed by atoms with E-state index in [0.717, 1.165) is 10.7 Å². The summed E-state index contributed by atoms with van der Waals surface area (Å²) < 4.78 is 37.0.